The highest BCUT2D eigenvalue weighted by Crippen LogP contribution is 2.19. The molecule has 1 unspecified atom stereocenters. The lowest BCUT2D eigenvalue weighted by molar-refractivity contribution is 0.210. The van der Waals surface area contributed by atoms with Gasteiger partial charge in [-0.05, 0) is 26.9 Å². The van der Waals surface area contributed by atoms with Gasteiger partial charge in [0.1, 0.15) is 0 Å². The van der Waals surface area contributed by atoms with Gasteiger partial charge in [-0.3, -0.25) is 4.90 Å². The van der Waals surface area contributed by atoms with Crippen molar-refractivity contribution in [3.63, 3.8) is 0 Å². The fourth-order valence-corrected chi connectivity index (χ4v) is 2.76. The molecule has 90 valence electrons. The number of rotatable bonds is 2. The zero-order valence-corrected chi connectivity index (χ0v) is 10.8. The summed E-state index contributed by atoms with van der Waals surface area (Å²) in [5.74, 6) is 0. The lowest BCUT2D eigenvalue weighted by Gasteiger charge is -2.25. The van der Waals surface area contributed by atoms with Crippen LogP contribution < -0.4 is 5.73 Å². The molecule has 1 fully saturated rings. The molecule has 0 amide bonds. The first-order valence-corrected chi connectivity index (χ1v) is 6.59. The predicted molar refractivity (Wildman–Crippen MR) is 68.5 cm³/mol. The lowest BCUT2D eigenvalue weighted by atomic mass is 10.2. The molecule has 5 heteroatoms. The highest BCUT2D eigenvalue weighted by atomic mass is 32.1. The number of likely N-dealkylation sites (N-methyl/N-ethyl adjacent to an activating group) is 1. The maximum atomic E-state index is 5.65. The average molecular weight is 240 g/mol. The largest absolute Gasteiger partial charge is 0.375 e. The Kier molecular flexibility index (Phi) is 3.78. The van der Waals surface area contributed by atoms with E-state index in [-0.39, 0.29) is 0 Å². The number of nitrogens with zero attached hydrogens (tertiary/aromatic N) is 3. The van der Waals surface area contributed by atoms with Gasteiger partial charge < -0.3 is 10.6 Å². The Bertz CT molecular complexity index is 338. The fourth-order valence-electron chi connectivity index (χ4n) is 2.05. The van der Waals surface area contributed by atoms with Crippen LogP contribution in [-0.2, 0) is 6.54 Å². The third-order valence-electron chi connectivity index (χ3n) is 3.25. The zero-order chi connectivity index (χ0) is 11.5. The molecule has 1 atom stereocenters. The molecule has 0 spiro atoms. The highest BCUT2D eigenvalue weighted by Gasteiger charge is 2.19. The molecule has 0 radical (unpaired) electrons. The third-order valence-corrected chi connectivity index (χ3v) is 4.06. The summed E-state index contributed by atoms with van der Waals surface area (Å²) in [5.41, 5.74) is 5.65. The van der Waals surface area contributed by atoms with Crippen molar-refractivity contribution in [2.45, 2.75) is 25.9 Å². The van der Waals surface area contributed by atoms with Crippen molar-refractivity contribution in [1.29, 1.82) is 0 Å². The highest BCUT2D eigenvalue weighted by molar-refractivity contribution is 7.15. The van der Waals surface area contributed by atoms with Crippen molar-refractivity contribution in [2.24, 2.45) is 0 Å². The molecule has 4 nitrogen and oxygen atoms in total. The number of anilines is 1. The van der Waals surface area contributed by atoms with Crippen LogP contribution in [0.5, 0.6) is 0 Å². The summed E-state index contributed by atoms with van der Waals surface area (Å²) in [7, 11) is 2.20. The number of nitrogens with two attached hydrogens (primary N) is 1. The Morgan fingerprint density at radius 1 is 1.50 bits per heavy atom. The SMILES string of the molecule is CC1CCN(C)CCN1Cc1cnc(N)s1. The van der Waals surface area contributed by atoms with Gasteiger partial charge in [-0.25, -0.2) is 4.98 Å². The molecule has 1 saturated heterocycles. The summed E-state index contributed by atoms with van der Waals surface area (Å²) in [4.78, 5) is 10.3. The molecule has 0 bridgehead atoms. The van der Waals surface area contributed by atoms with E-state index in [2.05, 4.69) is 28.8 Å². The van der Waals surface area contributed by atoms with Crippen molar-refractivity contribution < 1.29 is 0 Å². The van der Waals surface area contributed by atoms with E-state index in [4.69, 9.17) is 5.73 Å². The number of nitrogen functional groups attached to an aromatic ring is 1. The van der Waals surface area contributed by atoms with Gasteiger partial charge in [0.05, 0.1) is 0 Å². The van der Waals surface area contributed by atoms with Crippen LogP contribution in [0.25, 0.3) is 0 Å². The van der Waals surface area contributed by atoms with Gasteiger partial charge in [-0.15, -0.1) is 11.3 Å². The van der Waals surface area contributed by atoms with E-state index in [1.165, 1.54) is 17.8 Å². The number of hydrogen-bond donors (Lipinski definition) is 1. The van der Waals surface area contributed by atoms with E-state index in [9.17, 15) is 0 Å². The average Bonchev–Trinajstić information content (AvgIpc) is 2.59. The summed E-state index contributed by atoms with van der Waals surface area (Å²) < 4.78 is 0. The van der Waals surface area contributed by atoms with E-state index in [1.807, 2.05) is 6.20 Å². The Labute approximate surface area is 101 Å². The van der Waals surface area contributed by atoms with E-state index in [1.54, 1.807) is 11.3 Å². The van der Waals surface area contributed by atoms with E-state index >= 15 is 0 Å². The molecule has 0 saturated carbocycles. The minimum absolute atomic E-state index is 0.647. The monoisotopic (exact) mass is 240 g/mol. The number of aromatic nitrogens is 1. The molecule has 2 heterocycles. The molecule has 1 aromatic heterocycles. The third kappa shape index (κ3) is 2.93. The molecule has 0 aliphatic carbocycles. The first-order chi connectivity index (χ1) is 7.65. The van der Waals surface area contributed by atoms with Crippen LogP contribution in [0.4, 0.5) is 5.13 Å². The van der Waals surface area contributed by atoms with Crippen molar-refractivity contribution in [1.82, 2.24) is 14.8 Å². The van der Waals surface area contributed by atoms with Crippen LogP contribution in [0.1, 0.15) is 18.2 Å². The Morgan fingerprint density at radius 3 is 3.00 bits per heavy atom. The molecule has 1 aliphatic rings. The predicted octanol–water partition coefficient (Wildman–Crippen LogP) is 1.25. The quantitative estimate of drug-likeness (QED) is 0.845. The van der Waals surface area contributed by atoms with Crippen LogP contribution in [0.3, 0.4) is 0 Å². The van der Waals surface area contributed by atoms with Gasteiger partial charge in [0, 0.05) is 36.8 Å². The lowest BCUT2D eigenvalue weighted by Crippen LogP contribution is -2.33. The van der Waals surface area contributed by atoms with Crippen LogP contribution in [0.2, 0.25) is 0 Å². The Balaban J connectivity index is 1.97. The molecule has 2 rings (SSSR count). The van der Waals surface area contributed by atoms with E-state index in [0.717, 1.165) is 19.6 Å². The van der Waals surface area contributed by atoms with Crippen LogP contribution in [0.15, 0.2) is 6.20 Å². The topological polar surface area (TPSA) is 45.4 Å². The second kappa shape index (κ2) is 5.12. The minimum Gasteiger partial charge on any atom is -0.375 e. The van der Waals surface area contributed by atoms with Crippen molar-refractivity contribution >= 4 is 16.5 Å². The molecule has 2 N–H and O–H groups in total. The Hall–Kier alpha value is -0.650. The van der Waals surface area contributed by atoms with Crippen molar-refractivity contribution in [3.05, 3.63) is 11.1 Å². The molecule has 0 aromatic carbocycles. The number of hydrogen-bond acceptors (Lipinski definition) is 5. The van der Waals surface area contributed by atoms with Crippen LogP contribution in [-0.4, -0.2) is 47.5 Å². The van der Waals surface area contributed by atoms with Crippen LogP contribution >= 0.6 is 11.3 Å². The second-order valence-corrected chi connectivity index (χ2v) is 5.72. The summed E-state index contributed by atoms with van der Waals surface area (Å²) in [6.45, 7) is 6.78. The summed E-state index contributed by atoms with van der Waals surface area (Å²) in [6.07, 6.45) is 3.14. The van der Waals surface area contributed by atoms with Gasteiger partial charge in [-0.1, -0.05) is 0 Å². The second-order valence-electron chi connectivity index (χ2n) is 4.58. The zero-order valence-electron chi connectivity index (χ0n) is 10.0. The van der Waals surface area contributed by atoms with Gasteiger partial charge in [0.25, 0.3) is 0 Å². The van der Waals surface area contributed by atoms with Crippen molar-refractivity contribution in [2.75, 3.05) is 32.4 Å². The fraction of sp³-hybridized carbons (Fsp3) is 0.727. The summed E-state index contributed by atoms with van der Waals surface area (Å²) in [6, 6.07) is 0.647. The van der Waals surface area contributed by atoms with E-state index < -0.39 is 0 Å². The normalized spacial score (nSPS) is 24.5. The van der Waals surface area contributed by atoms with Gasteiger partial charge in [-0.2, -0.15) is 0 Å². The van der Waals surface area contributed by atoms with Crippen LogP contribution in [0, 0.1) is 0 Å². The van der Waals surface area contributed by atoms with Gasteiger partial charge in [0.2, 0.25) is 0 Å². The van der Waals surface area contributed by atoms with E-state index in [0.29, 0.717) is 11.2 Å². The maximum Gasteiger partial charge on any atom is 0.180 e. The van der Waals surface area contributed by atoms with Crippen molar-refractivity contribution in [3.8, 4) is 0 Å². The number of thiazole rings is 1. The first-order valence-electron chi connectivity index (χ1n) is 5.78. The molecule has 1 aromatic rings. The van der Waals surface area contributed by atoms with Gasteiger partial charge in [0.15, 0.2) is 5.13 Å². The summed E-state index contributed by atoms with van der Waals surface area (Å²) in [5, 5.41) is 0.676. The molecule has 1 aliphatic heterocycles. The summed E-state index contributed by atoms with van der Waals surface area (Å²) >= 11 is 1.60. The molecule has 16 heavy (non-hydrogen) atoms. The Morgan fingerprint density at radius 2 is 2.31 bits per heavy atom. The smallest absolute Gasteiger partial charge is 0.180 e. The molecular weight excluding hydrogens is 220 g/mol. The standard InChI is InChI=1S/C11H20N4S/c1-9-3-4-14(2)5-6-15(9)8-10-7-13-11(12)16-10/h7,9H,3-6,8H2,1-2H3,(H2,12,13). The maximum absolute atomic E-state index is 5.65. The molecular formula is C11H20N4S. The first kappa shape index (κ1) is 11.8. The minimum atomic E-state index is 0.647. The van der Waals surface area contributed by atoms with Gasteiger partial charge >= 0.3 is 0 Å².